The molecule has 1 aliphatic rings. The maximum absolute atomic E-state index is 5.64. The van der Waals surface area contributed by atoms with Gasteiger partial charge in [0.05, 0.1) is 13.7 Å². The van der Waals surface area contributed by atoms with Crippen molar-refractivity contribution in [3.05, 3.63) is 24.3 Å². The summed E-state index contributed by atoms with van der Waals surface area (Å²) >= 11 is 0. The maximum atomic E-state index is 5.64. The first-order valence-electron chi connectivity index (χ1n) is 6.44. The molecule has 1 heterocycles. The Morgan fingerprint density at radius 3 is 3.06 bits per heavy atom. The minimum absolute atomic E-state index is 0.667. The van der Waals surface area contributed by atoms with Crippen molar-refractivity contribution in [2.24, 2.45) is 5.92 Å². The van der Waals surface area contributed by atoms with Crippen LogP contribution in [0.3, 0.4) is 0 Å². The van der Waals surface area contributed by atoms with Gasteiger partial charge < -0.3 is 19.5 Å². The lowest BCUT2D eigenvalue weighted by Crippen LogP contribution is -2.27. The smallest absolute Gasteiger partial charge is 0.123 e. The topological polar surface area (TPSA) is 39.7 Å². The molecule has 1 unspecified atom stereocenters. The van der Waals surface area contributed by atoms with Crippen LogP contribution in [0.1, 0.15) is 6.42 Å². The Hall–Kier alpha value is -1.26. The zero-order valence-corrected chi connectivity index (χ0v) is 10.9. The van der Waals surface area contributed by atoms with Gasteiger partial charge in [-0.15, -0.1) is 0 Å². The van der Waals surface area contributed by atoms with E-state index in [2.05, 4.69) is 5.32 Å². The van der Waals surface area contributed by atoms with Crippen molar-refractivity contribution in [2.75, 3.05) is 40.0 Å². The second-order valence-corrected chi connectivity index (χ2v) is 4.46. The van der Waals surface area contributed by atoms with Gasteiger partial charge in [-0.3, -0.25) is 0 Å². The summed E-state index contributed by atoms with van der Waals surface area (Å²) in [6, 6.07) is 7.67. The van der Waals surface area contributed by atoms with E-state index in [0.29, 0.717) is 12.5 Å². The molecule has 0 bridgehead atoms. The monoisotopic (exact) mass is 251 g/mol. The average molecular weight is 251 g/mol. The summed E-state index contributed by atoms with van der Waals surface area (Å²) in [5.41, 5.74) is 0. The predicted molar refractivity (Wildman–Crippen MR) is 70.3 cm³/mol. The second-order valence-electron chi connectivity index (χ2n) is 4.46. The van der Waals surface area contributed by atoms with Crippen LogP contribution < -0.4 is 14.8 Å². The number of nitrogens with one attached hydrogen (secondary N) is 1. The van der Waals surface area contributed by atoms with Crippen molar-refractivity contribution in [3.63, 3.8) is 0 Å². The Morgan fingerprint density at radius 1 is 1.39 bits per heavy atom. The van der Waals surface area contributed by atoms with Gasteiger partial charge in [-0.2, -0.15) is 0 Å². The van der Waals surface area contributed by atoms with Crippen LogP contribution in [-0.2, 0) is 4.74 Å². The van der Waals surface area contributed by atoms with Crippen molar-refractivity contribution in [1.29, 1.82) is 0 Å². The molecule has 0 aliphatic carbocycles. The lowest BCUT2D eigenvalue weighted by Gasteiger charge is -2.10. The van der Waals surface area contributed by atoms with Crippen LogP contribution in [0, 0.1) is 5.92 Å². The van der Waals surface area contributed by atoms with Gasteiger partial charge in [0.15, 0.2) is 0 Å². The molecular weight excluding hydrogens is 230 g/mol. The van der Waals surface area contributed by atoms with Gasteiger partial charge in [-0.25, -0.2) is 0 Å². The quantitative estimate of drug-likeness (QED) is 0.749. The maximum Gasteiger partial charge on any atom is 0.123 e. The predicted octanol–water partition coefficient (Wildman–Crippen LogP) is 1.70. The zero-order valence-electron chi connectivity index (χ0n) is 10.9. The van der Waals surface area contributed by atoms with Gasteiger partial charge in [0.1, 0.15) is 18.1 Å². The van der Waals surface area contributed by atoms with E-state index in [9.17, 15) is 0 Å². The summed E-state index contributed by atoms with van der Waals surface area (Å²) in [5, 5.41) is 3.39. The van der Waals surface area contributed by atoms with Crippen LogP contribution >= 0.6 is 0 Å². The van der Waals surface area contributed by atoms with E-state index in [1.54, 1.807) is 7.11 Å². The van der Waals surface area contributed by atoms with E-state index in [-0.39, 0.29) is 0 Å². The van der Waals surface area contributed by atoms with Crippen LogP contribution in [0.4, 0.5) is 0 Å². The Balaban J connectivity index is 1.59. The number of ether oxygens (including phenoxy) is 3. The van der Waals surface area contributed by atoms with Gasteiger partial charge in [0.2, 0.25) is 0 Å². The molecular formula is C14H21NO3. The van der Waals surface area contributed by atoms with Gasteiger partial charge in [-0.1, -0.05) is 6.07 Å². The molecule has 0 spiro atoms. The van der Waals surface area contributed by atoms with E-state index in [0.717, 1.165) is 37.8 Å². The molecule has 4 nitrogen and oxygen atoms in total. The lowest BCUT2D eigenvalue weighted by molar-refractivity contribution is 0.185. The number of rotatable bonds is 7. The minimum atomic E-state index is 0.667. The fourth-order valence-corrected chi connectivity index (χ4v) is 1.98. The molecule has 1 aliphatic heterocycles. The largest absolute Gasteiger partial charge is 0.497 e. The van der Waals surface area contributed by atoms with Crippen molar-refractivity contribution >= 4 is 0 Å². The average Bonchev–Trinajstić information content (AvgIpc) is 2.92. The van der Waals surface area contributed by atoms with Gasteiger partial charge in [0, 0.05) is 25.8 Å². The van der Waals surface area contributed by atoms with Crippen molar-refractivity contribution in [1.82, 2.24) is 5.32 Å². The molecule has 2 rings (SSSR count). The molecule has 100 valence electrons. The van der Waals surface area contributed by atoms with Crippen LogP contribution in [0.2, 0.25) is 0 Å². The first-order chi connectivity index (χ1) is 8.88. The molecule has 0 radical (unpaired) electrons. The second kappa shape index (κ2) is 7.24. The third kappa shape index (κ3) is 4.20. The van der Waals surface area contributed by atoms with Gasteiger partial charge in [0.25, 0.3) is 0 Å². The molecule has 0 saturated carbocycles. The highest BCUT2D eigenvalue weighted by molar-refractivity contribution is 5.32. The highest BCUT2D eigenvalue weighted by atomic mass is 16.5. The van der Waals surface area contributed by atoms with Gasteiger partial charge >= 0.3 is 0 Å². The molecule has 1 aromatic carbocycles. The van der Waals surface area contributed by atoms with E-state index in [1.807, 2.05) is 24.3 Å². The van der Waals surface area contributed by atoms with E-state index < -0.39 is 0 Å². The number of hydrogen-bond donors (Lipinski definition) is 1. The Bertz CT molecular complexity index is 351. The summed E-state index contributed by atoms with van der Waals surface area (Å²) in [6.45, 7) is 4.34. The van der Waals surface area contributed by atoms with Crippen molar-refractivity contribution < 1.29 is 14.2 Å². The third-order valence-corrected chi connectivity index (χ3v) is 3.05. The fraction of sp³-hybridized carbons (Fsp3) is 0.571. The molecule has 18 heavy (non-hydrogen) atoms. The van der Waals surface area contributed by atoms with Crippen molar-refractivity contribution in [2.45, 2.75) is 6.42 Å². The summed E-state index contributed by atoms with van der Waals surface area (Å²) in [6.07, 6.45) is 1.17. The molecule has 1 aromatic rings. The first-order valence-corrected chi connectivity index (χ1v) is 6.44. The molecule has 1 atom stereocenters. The lowest BCUT2D eigenvalue weighted by atomic mass is 10.1. The van der Waals surface area contributed by atoms with E-state index >= 15 is 0 Å². The number of methoxy groups -OCH3 is 1. The first kappa shape index (κ1) is 13.2. The molecule has 0 aromatic heterocycles. The van der Waals surface area contributed by atoms with E-state index in [1.165, 1.54) is 6.42 Å². The van der Waals surface area contributed by atoms with Crippen LogP contribution in [0.15, 0.2) is 24.3 Å². The molecule has 4 heteroatoms. The summed E-state index contributed by atoms with van der Waals surface area (Å²) in [5.74, 6) is 2.34. The van der Waals surface area contributed by atoms with Crippen LogP contribution in [-0.4, -0.2) is 40.0 Å². The zero-order chi connectivity index (χ0) is 12.6. The van der Waals surface area contributed by atoms with Gasteiger partial charge in [-0.05, 0) is 24.5 Å². The standard InChI is InChI=1S/C14H21NO3/c1-16-13-3-2-4-14(9-13)18-8-6-15-10-12-5-7-17-11-12/h2-4,9,12,15H,5-8,10-11H2,1H3. The molecule has 1 N–H and O–H groups in total. The normalized spacial score (nSPS) is 18.8. The highest BCUT2D eigenvalue weighted by Crippen LogP contribution is 2.18. The fourth-order valence-electron chi connectivity index (χ4n) is 1.98. The third-order valence-electron chi connectivity index (χ3n) is 3.05. The molecule has 1 fully saturated rings. The number of benzene rings is 1. The number of hydrogen-bond acceptors (Lipinski definition) is 4. The Morgan fingerprint density at radius 2 is 2.28 bits per heavy atom. The highest BCUT2D eigenvalue weighted by Gasteiger charge is 2.14. The van der Waals surface area contributed by atoms with Crippen LogP contribution in [0.5, 0.6) is 11.5 Å². The summed E-state index contributed by atoms with van der Waals surface area (Å²) in [4.78, 5) is 0. The Kier molecular flexibility index (Phi) is 5.30. The SMILES string of the molecule is COc1cccc(OCCNCC2CCOC2)c1. The molecule has 0 amide bonds. The minimum Gasteiger partial charge on any atom is -0.497 e. The summed E-state index contributed by atoms with van der Waals surface area (Å²) in [7, 11) is 1.66. The summed E-state index contributed by atoms with van der Waals surface area (Å²) < 4.78 is 16.1. The van der Waals surface area contributed by atoms with Crippen LogP contribution in [0.25, 0.3) is 0 Å². The molecule has 1 saturated heterocycles. The van der Waals surface area contributed by atoms with E-state index in [4.69, 9.17) is 14.2 Å². The van der Waals surface area contributed by atoms with Crippen molar-refractivity contribution in [3.8, 4) is 11.5 Å². The Labute approximate surface area is 108 Å².